The number of nitrogens with zero attached hydrogens (tertiary/aromatic N) is 1. The molecule has 62 valence electrons. The highest BCUT2D eigenvalue weighted by Crippen LogP contribution is 2.21. The average Bonchev–Trinajstić information content (AvgIpc) is 2.09. The largest absolute Gasteiger partial charge is 0.205 e. The third kappa shape index (κ3) is 1.77. The standard InChI is InChI=1S/C8H4BrClFN/c9-3-5-2-8(11)7(10)1-6(5)4-12/h1-2H,3H2. The van der Waals surface area contributed by atoms with Crippen LogP contribution in [-0.2, 0) is 5.33 Å². The van der Waals surface area contributed by atoms with Gasteiger partial charge in [0.1, 0.15) is 5.82 Å². The molecule has 0 heterocycles. The topological polar surface area (TPSA) is 23.8 Å². The molecule has 0 atom stereocenters. The van der Waals surface area contributed by atoms with Gasteiger partial charge in [-0.1, -0.05) is 27.5 Å². The molecule has 1 aromatic rings. The zero-order chi connectivity index (χ0) is 9.14. The van der Waals surface area contributed by atoms with E-state index in [0.29, 0.717) is 16.5 Å². The van der Waals surface area contributed by atoms with E-state index in [-0.39, 0.29) is 5.02 Å². The fraction of sp³-hybridized carbons (Fsp3) is 0.125. The Labute approximate surface area is 82.9 Å². The molecule has 0 spiro atoms. The smallest absolute Gasteiger partial charge is 0.142 e. The van der Waals surface area contributed by atoms with Crippen LogP contribution in [0.25, 0.3) is 0 Å². The molecule has 0 aliphatic carbocycles. The van der Waals surface area contributed by atoms with Crippen molar-refractivity contribution in [1.82, 2.24) is 0 Å². The SMILES string of the molecule is N#Cc1cc(Cl)c(F)cc1CBr. The van der Waals surface area contributed by atoms with E-state index < -0.39 is 5.82 Å². The zero-order valence-corrected chi connectivity index (χ0v) is 8.28. The second kappa shape index (κ2) is 3.88. The first-order valence-corrected chi connectivity index (χ1v) is 4.63. The maximum Gasteiger partial charge on any atom is 0.142 e. The number of halogens is 3. The predicted octanol–water partition coefficient (Wildman–Crippen LogP) is 3.25. The van der Waals surface area contributed by atoms with Crippen LogP contribution in [0.5, 0.6) is 0 Å². The first-order chi connectivity index (χ1) is 5.69. The Morgan fingerprint density at radius 2 is 2.25 bits per heavy atom. The summed E-state index contributed by atoms with van der Waals surface area (Å²) in [5.41, 5.74) is 1.01. The van der Waals surface area contributed by atoms with Crippen molar-refractivity contribution in [3.8, 4) is 6.07 Å². The molecule has 0 saturated heterocycles. The molecule has 0 aliphatic heterocycles. The monoisotopic (exact) mass is 247 g/mol. The molecule has 0 radical (unpaired) electrons. The maximum atomic E-state index is 12.8. The lowest BCUT2D eigenvalue weighted by Crippen LogP contribution is -1.88. The molecule has 0 aliphatic rings. The molecular weight excluding hydrogens is 244 g/mol. The van der Waals surface area contributed by atoms with Crippen molar-refractivity contribution in [2.45, 2.75) is 5.33 Å². The summed E-state index contributed by atoms with van der Waals surface area (Å²) in [6.45, 7) is 0. The Morgan fingerprint density at radius 1 is 1.58 bits per heavy atom. The first-order valence-electron chi connectivity index (χ1n) is 3.13. The van der Waals surface area contributed by atoms with Crippen molar-refractivity contribution in [3.05, 3.63) is 34.1 Å². The molecule has 1 nitrogen and oxygen atoms in total. The number of rotatable bonds is 1. The van der Waals surface area contributed by atoms with Crippen LogP contribution < -0.4 is 0 Å². The van der Waals surface area contributed by atoms with E-state index in [0.717, 1.165) is 0 Å². The Morgan fingerprint density at radius 3 is 2.75 bits per heavy atom. The summed E-state index contributed by atoms with van der Waals surface area (Å²) in [5, 5.41) is 9.04. The molecule has 0 fully saturated rings. The van der Waals surface area contributed by atoms with E-state index in [1.54, 1.807) is 0 Å². The number of hydrogen-bond donors (Lipinski definition) is 0. The van der Waals surface area contributed by atoms with Crippen molar-refractivity contribution in [3.63, 3.8) is 0 Å². The first kappa shape index (κ1) is 9.50. The second-order valence-electron chi connectivity index (χ2n) is 2.17. The molecule has 0 aromatic heterocycles. The Hall–Kier alpha value is -0.590. The van der Waals surface area contributed by atoms with Crippen LogP contribution in [0.1, 0.15) is 11.1 Å². The van der Waals surface area contributed by atoms with Crippen molar-refractivity contribution in [2.24, 2.45) is 0 Å². The van der Waals surface area contributed by atoms with Gasteiger partial charge in [0.15, 0.2) is 0 Å². The van der Waals surface area contributed by atoms with Gasteiger partial charge in [-0.15, -0.1) is 0 Å². The van der Waals surface area contributed by atoms with Gasteiger partial charge in [0.25, 0.3) is 0 Å². The third-order valence-corrected chi connectivity index (χ3v) is 2.30. The van der Waals surface area contributed by atoms with Gasteiger partial charge in [0, 0.05) is 5.33 Å². The minimum atomic E-state index is -0.495. The minimum absolute atomic E-state index is 0.0174. The summed E-state index contributed by atoms with van der Waals surface area (Å²) in [5.74, 6) is -0.495. The van der Waals surface area contributed by atoms with E-state index in [1.165, 1.54) is 12.1 Å². The number of hydrogen-bond acceptors (Lipinski definition) is 1. The van der Waals surface area contributed by atoms with E-state index >= 15 is 0 Å². The molecule has 1 aromatic carbocycles. The highest BCUT2D eigenvalue weighted by atomic mass is 79.9. The number of nitriles is 1. The summed E-state index contributed by atoms with van der Waals surface area (Å²) in [4.78, 5) is 0. The minimum Gasteiger partial charge on any atom is -0.205 e. The van der Waals surface area contributed by atoms with Crippen LogP contribution in [-0.4, -0.2) is 0 Å². The van der Waals surface area contributed by atoms with Gasteiger partial charge in [-0.2, -0.15) is 5.26 Å². The highest BCUT2D eigenvalue weighted by molar-refractivity contribution is 9.08. The summed E-state index contributed by atoms with van der Waals surface area (Å²) < 4.78 is 12.8. The van der Waals surface area contributed by atoms with E-state index in [4.69, 9.17) is 16.9 Å². The van der Waals surface area contributed by atoms with Crippen molar-refractivity contribution in [2.75, 3.05) is 0 Å². The summed E-state index contributed by atoms with van der Waals surface area (Å²) >= 11 is 8.63. The lowest BCUT2D eigenvalue weighted by molar-refractivity contribution is 0.626. The van der Waals surface area contributed by atoms with E-state index in [9.17, 15) is 4.39 Å². The zero-order valence-electron chi connectivity index (χ0n) is 5.94. The van der Waals surface area contributed by atoms with Crippen LogP contribution in [0, 0.1) is 17.1 Å². The third-order valence-electron chi connectivity index (χ3n) is 1.41. The second-order valence-corrected chi connectivity index (χ2v) is 3.14. The fourth-order valence-electron chi connectivity index (χ4n) is 0.803. The van der Waals surface area contributed by atoms with Gasteiger partial charge in [-0.3, -0.25) is 0 Å². The lowest BCUT2D eigenvalue weighted by atomic mass is 10.1. The number of benzene rings is 1. The average molecular weight is 248 g/mol. The summed E-state index contributed by atoms with van der Waals surface area (Å²) in [7, 11) is 0. The van der Waals surface area contributed by atoms with Crippen LogP contribution in [0.4, 0.5) is 4.39 Å². The molecule has 1 rings (SSSR count). The summed E-state index contributed by atoms with van der Waals surface area (Å²) in [6, 6.07) is 4.52. The molecule has 4 heteroatoms. The molecular formula is C8H4BrClFN. The molecule has 0 N–H and O–H groups in total. The normalized spacial score (nSPS) is 9.50. The molecule has 12 heavy (non-hydrogen) atoms. The Balaban J connectivity index is 3.31. The van der Waals surface area contributed by atoms with Gasteiger partial charge in [0.2, 0.25) is 0 Å². The van der Waals surface area contributed by atoms with Gasteiger partial charge in [-0.25, -0.2) is 4.39 Å². The van der Waals surface area contributed by atoms with E-state index in [1.807, 2.05) is 6.07 Å². The molecule has 0 unspecified atom stereocenters. The highest BCUT2D eigenvalue weighted by Gasteiger charge is 2.06. The quantitative estimate of drug-likeness (QED) is 0.700. The van der Waals surface area contributed by atoms with Crippen LogP contribution in [0.3, 0.4) is 0 Å². The van der Waals surface area contributed by atoms with E-state index in [2.05, 4.69) is 15.9 Å². The molecule has 0 saturated carbocycles. The Kier molecular flexibility index (Phi) is 3.07. The number of alkyl halides is 1. The predicted molar refractivity (Wildman–Crippen MR) is 48.8 cm³/mol. The van der Waals surface area contributed by atoms with Gasteiger partial charge in [-0.05, 0) is 17.7 Å². The summed E-state index contributed by atoms with van der Waals surface area (Å²) in [6.07, 6.45) is 0. The Bertz CT molecular complexity index is 346. The molecule has 0 amide bonds. The van der Waals surface area contributed by atoms with Gasteiger partial charge < -0.3 is 0 Å². The van der Waals surface area contributed by atoms with Crippen molar-refractivity contribution >= 4 is 27.5 Å². The maximum absolute atomic E-state index is 12.8. The van der Waals surface area contributed by atoms with Crippen LogP contribution >= 0.6 is 27.5 Å². The van der Waals surface area contributed by atoms with Crippen LogP contribution in [0.15, 0.2) is 12.1 Å². The molecule has 0 bridgehead atoms. The van der Waals surface area contributed by atoms with Gasteiger partial charge in [0.05, 0.1) is 16.7 Å². The van der Waals surface area contributed by atoms with Gasteiger partial charge >= 0.3 is 0 Å². The van der Waals surface area contributed by atoms with Crippen molar-refractivity contribution < 1.29 is 4.39 Å². The van der Waals surface area contributed by atoms with Crippen LogP contribution in [0.2, 0.25) is 5.02 Å². The van der Waals surface area contributed by atoms with Crippen molar-refractivity contribution in [1.29, 1.82) is 5.26 Å². The lowest BCUT2D eigenvalue weighted by Gasteiger charge is -2.00. The fourth-order valence-corrected chi connectivity index (χ4v) is 1.43.